The Bertz CT molecular complexity index is 1270. The minimum Gasteiger partial charge on any atom is -0.756 e. The third kappa shape index (κ3) is 49.2. The molecule has 10 heteroatoms. The van der Waals surface area contributed by atoms with Crippen molar-refractivity contribution in [1.29, 1.82) is 0 Å². The molecule has 0 spiro atoms. The average Bonchev–Trinajstić information content (AvgIpc) is 3.25. The van der Waals surface area contributed by atoms with Gasteiger partial charge in [0.1, 0.15) is 19.8 Å². The van der Waals surface area contributed by atoms with Crippen LogP contribution in [0.4, 0.5) is 0 Å². The van der Waals surface area contributed by atoms with Crippen LogP contribution < -0.4 is 4.89 Å². The van der Waals surface area contributed by atoms with Crippen molar-refractivity contribution in [1.82, 2.24) is 0 Å². The minimum atomic E-state index is -4.65. The maximum Gasteiger partial charge on any atom is 0.306 e. The van der Waals surface area contributed by atoms with Crippen molar-refractivity contribution in [3.05, 3.63) is 60.8 Å². The van der Waals surface area contributed by atoms with Gasteiger partial charge in [0.2, 0.25) is 0 Å². The number of hydrogen-bond donors (Lipinski definition) is 0. The normalized spacial score (nSPS) is 13.9. The molecule has 0 aromatic carbocycles. The number of unbranched alkanes of at least 4 members (excludes halogenated alkanes) is 23. The van der Waals surface area contributed by atoms with Gasteiger partial charge in [-0.3, -0.25) is 14.2 Å². The summed E-state index contributed by atoms with van der Waals surface area (Å²) in [5.74, 6) is -0.897. The highest BCUT2D eigenvalue weighted by molar-refractivity contribution is 7.45. The Morgan fingerprint density at radius 2 is 0.891 bits per heavy atom. The molecule has 0 amide bonds. The monoisotopic (exact) mass is 920 g/mol. The Labute approximate surface area is 394 Å². The van der Waals surface area contributed by atoms with Gasteiger partial charge in [-0.15, -0.1) is 0 Å². The van der Waals surface area contributed by atoms with Crippen molar-refractivity contribution >= 4 is 19.8 Å². The molecule has 0 N–H and O–H groups in total. The zero-order valence-corrected chi connectivity index (χ0v) is 42.9. The van der Waals surface area contributed by atoms with E-state index >= 15 is 0 Å². The molecule has 0 bridgehead atoms. The Morgan fingerprint density at radius 3 is 1.31 bits per heavy atom. The Balaban J connectivity index is 4.26. The first-order valence-corrected chi connectivity index (χ1v) is 27.5. The molecular weight excluding hydrogens is 822 g/mol. The second kappa shape index (κ2) is 45.8. The van der Waals surface area contributed by atoms with Crippen molar-refractivity contribution in [3.8, 4) is 0 Å². The van der Waals surface area contributed by atoms with Crippen molar-refractivity contribution in [2.45, 2.75) is 225 Å². The maximum absolute atomic E-state index is 12.7. The van der Waals surface area contributed by atoms with Crippen molar-refractivity contribution in [3.63, 3.8) is 0 Å². The highest BCUT2D eigenvalue weighted by Crippen LogP contribution is 2.38. The molecule has 0 aromatic rings. The van der Waals surface area contributed by atoms with E-state index in [4.69, 9.17) is 18.5 Å². The van der Waals surface area contributed by atoms with Crippen LogP contribution in [0.3, 0.4) is 0 Å². The van der Waals surface area contributed by atoms with Gasteiger partial charge in [-0.05, 0) is 51.4 Å². The summed E-state index contributed by atoms with van der Waals surface area (Å²) in [7, 11) is 1.13. The van der Waals surface area contributed by atoms with E-state index in [0.717, 1.165) is 51.4 Å². The SMILES string of the molecule is CC/C=C/C/C=C/C/C=C/C/C=C/C/C=C/CCCC(=O)O[C@@H](COC(=O)CCCCCCCCCCCCCCCCCCCCCCCCC)COP(=O)([O-])OCC[N+](C)(C)C. The van der Waals surface area contributed by atoms with Gasteiger partial charge in [-0.25, -0.2) is 0 Å². The summed E-state index contributed by atoms with van der Waals surface area (Å²) in [4.78, 5) is 37.7. The van der Waals surface area contributed by atoms with E-state index in [9.17, 15) is 19.0 Å². The Hall–Kier alpha value is -2.29. The van der Waals surface area contributed by atoms with E-state index in [0.29, 0.717) is 23.9 Å². The molecule has 0 heterocycles. The highest BCUT2D eigenvalue weighted by Gasteiger charge is 2.21. The molecule has 0 rings (SSSR count). The summed E-state index contributed by atoms with van der Waals surface area (Å²) in [6.07, 6.45) is 57.0. The summed E-state index contributed by atoms with van der Waals surface area (Å²) in [6.45, 7) is 4.07. The first-order valence-electron chi connectivity index (χ1n) is 26.0. The van der Waals surface area contributed by atoms with Crippen LogP contribution in [0.15, 0.2) is 60.8 Å². The number of likely N-dealkylation sites (N-methyl/N-ethyl adjacent to an activating group) is 1. The van der Waals surface area contributed by atoms with Crippen LogP contribution in [0.2, 0.25) is 0 Å². The number of carbonyl (C=O) groups is 2. The molecule has 0 fully saturated rings. The molecule has 0 radical (unpaired) electrons. The first-order chi connectivity index (χ1) is 31.0. The van der Waals surface area contributed by atoms with Crippen LogP contribution in [-0.2, 0) is 32.7 Å². The molecule has 9 nitrogen and oxygen atoms in total. The second-order valence-electron chi connectivity index (χ2n) is 18.5. The fourth-order valence-electron chi connectivity index (χ4n) is 7.04. The van der Waals surface area contributed by atoms with Gasteiger partial charge in [0.05, 0.1) is 27.7 Å². The van der Waals surface area contributed by atoms with E-state index in [1.807, 2.05) is 27.2 Å². The maximum atomic E-state index is 12.7. The molecule has 2 atom stereocenters. The number of nitrogens with zero attached hydrogens (tertiary/aromatic N) is 1. The smallest absolute Gasteiger partial charge is 0.306 e. The van der Waals surface area contributed by atoms with Gasteiger partial charge in [-0.2, -0.15) is 0 Å². The standard InChI is InChI=1S/C54H98NO8P/c1-6-8-10-12-14-16-18-20-22-24-25-26-27-28-29-31-32-34-36-38-40-42-44-46-53(56)60-50-52(51-62-64(58,59)61-49-48-55(3,4)5)63-54(57)47-45-43-41-39-37-35-33-30-23-21-19-17-15-13-11-9-7-2/h9,11,15,17,21,23,33,35,39,41,52H,6-8,10,12-14,16,18-20,22,24-32,34,36-38,40,42-51H2,1-5H3/b11-9+,17-15+,23-21+,35-33+,41-39+/t52-/m0/s1. The zero-order chi connectivity index (χ0) is 47.1. The number of quaternary nitrogens is 1. The van der Waals surface area contributed by atoms with Crippen LogP contribution >= 0.6 is 7.82 Å². The Morgan fingerprint density at radius 1 is 0.500 bits per heavy atom. The highest BCUT2D eigenvalue weighted by atomic mass is 31.2. The van der Waals surface area contributed by atoms with E-state index in [2.05, 4.69) is 68.5 Å². The number of phosphoric acid groups is 1. The largest absolute Gasteiger partial charge is 0.756 e. The number of carbonyl (C=O) groups excluding carboxylic acids is 2. The molecule has 0 saturated carbocycles. The second-order valence-corrected chi connectivity index (χ2v) is 19.9. The third-order valence-electron chi connectivity index (χ3n) is 11.1. The van der Waals surface area contributed by atoms with Gasteiger partial charge < -0.3 is 27.9 Å². The molecule has 0 aliphatic rings. The van der Waals surface area contributed by atoms with E-state index < -0.39 is 32.5 Å². The lowest BCUT2D eigenvalue weighted by Crippen LogP contribution is -2.37. The number of allylic oxidation sites excluding steroid dienone is 10. The zero-order valence-electron chi connectivity index (χ0n) is 42.0. The average molecular weight is 920 g/mol. The van der Waals surface area contributed by atoms with Crippen molar-refractivity contribution < 1.29 is 42.1 Å². The lowest BCUT2D eigenvalue weighted by molar-refractivity contribution is -0.870. The summed E-state index contributed by atoms with van der Waals surface area (Å²) < 4.78 is 34.0. The summed E-state index contributed by atoms with van der Waals surface area (Å²) >= 11 is 0. The van der Waals surface area contributed by atoms with Gasteiger partial charge in [-0.1, -0.05) is 216 Å². The third-order valence-corrected chi connectivity index (χ3v) is 12.0. The molecule has 64 heavy (non-hydrogen) atoms. The van der Waals surface area contributed by atoms with Crippen molar-refractivity contribution in [2.75, 3.05) is 47.5 Å². The molecular formula is C54H98NO8P. The van der Waals surface area contributed by atoms with Gasteiger partial charge >= 0.3 is 11.9 Å². The topological polar surface area (TPSA) is 111 Å². The number of phosphoric ester groups is 1. The van der Waals surface area contributed by atoms with Gasteiger partial charge in [0.15, 0.2) is 6.10 Å². The summed E-state index contributed by atoms with van der Waals surface area (Å²) in [5, 5.41) is 0. The minimum absolute atomic E-state index is 0.0426. The van der Waals surface area contributed by atoms with Gasteiger partial charge in [0.25, 0.3) is 7.82 Å². The number of ether oxygens (including phenoxy) is 2. The quantitative estimate of drug-likeness (QED) is 0.0195. The summed E-state index contributed by atoms with van der Waals surface area (Å²) in [5.41, 5.74) is 0. The van der Waals surface area contributed by atoms with E-state index in [-0.39, 0.29) is 26.1 Å². The lowest BCUT2D eigenvalue weighted by atomic mass is 10.0. The fraction of sp³-hybridized carbons (Fsp3) is 0.778. The molecule has 0 aliphatic heterocycles. The summed E-state index contributed by atoms with van der Waals surface area (Å²) in [6, 6.07) is 0. The molecule has 0 aromatic heterocycles. The van der Waals surface area contributed by atoms with Crippen LogP contribution in [0.25, 0.3) is 0 Å². The fourth-order valence-corrected chi connectivity index (χ4v) is 7.77. The van der Waals surface area contributed by atoms with Gasteiger partial charge in [0, 0.05) is 12.8 Å². The lowest BCUT2D eigenvalue weighted by Gasteiger charge is -2.28. The first kappa shape index (κ1) is 61.7. The molecule has 372 valence electrons. The molecule has 0 aliphatic carbocycles. The van der Waals surface area contributed by atoms with Crippen LogP contribution in [0.1, 0.15) is 219 Å². The number of hydrogen-bond acceptors (Lipinski definition) is 8. The van der Waals surface area contributed by atoms with Crippen LogP contribution in [-0.4, -0.2) is 70.0 Å². The predicted octanol–water partition coefficient (Wildman–Crippen LogP) is 15.0. The van der Waals surface area contributed by atoms with E-state index in [1.165, 1.54) is 128 Å². The Kier molecular flexibility index (Phi) is 44.2. The predicted molar refractivity (Wildman–Crippen MR) is 268 cm³/mol. The van der Waals surface area contributed by atoms with Crippen molar-refractivity contribution in [2.24, 2.45) is 0 Å². The van der Waals surface area contributed by atoms with E-state index in [1.54, 1.807) is 0 Å². The number of rotatable bonds is 47. The number of esters is 2. The van der Waals surface area contributed by atoms with Crippen LogP contribution in [0.5, 0.6) is 0 Å². The van der Waals surface area contributed by atoms with Crippen LogP contribution in [0, 0.1) is 0 Å². The molecule has 1 unspecified atom stereocenters. The molecule has 0 saturated heterocycles.